The highest BCUT2D eigenvalue weighted by Gasteiger charge is 2.45. The average molecular weight is 232 g/mol. The number of methoxy groups -OCH3 is 1. The van der Waals surface area contributed by atoms with Crippen LogP contribution in [0.5, 0.6) is 5.75 Å². The normalized spacial score (nSPS) is 16.8. The van der Waals surface area contributed by atoms with Gasteiger partial charge in [0, 0.05) is 11.0 Å². The van der Waals surface area contributed by atoms with Crippen LogP contribution in [0.2, 0.25) is 0 Å². The molecule has 1 aliphatic carbocycles. The zero-order valence-electron chi connectivity index (χ0n) is 11.3. The Balaban J connectivity index is 2.53. The van der Waals surface area contributed by atoms with Gasteiger partial charge < -0.3 is 4.74 Å². The molecule has 2 nitrogen and oxygen atoms in total. The number of Topliss-reactive ketones (excluding diaryl/α,β-unsaturated/α-hetero) is 1. The van der Waals surface area contributed by atoms with Crippen LogP contribution in [0.4, 0.5) is 0 Å². The van der Waals surface area contributed by atoms with E-state index in [4.69, 9.17) is 4.74 Å². The van der Waals surface area contributed by atoms with Crippen LogP contribution in [0.3, 0.4) is 0 Å². The standard InChI is InChI=1S/C15H20O2/c1-9-8-12(14(16)15(4)6-7-15)10(2)11(3)13(9)17-5/h8H,6-7H2,1-5H3. The van der Waals surface area contributed by atoms with Crippen molar-refractivity contribution in [2.24, 2.45) is 5.41 Å². The molecule has 17 heavy (non-hydrogen) atoms. The molecule has 0 unspecified atom stereocenters. The molecule has 1 aromatic carbocycles. The van der Waals surface area contributed by atoms with Gasteiger partial charge >= 0.3 is 0 Å². The molecule has 0 radical (unpaired) electrons. The van der Waals surface area contributed by atoms with E-state index in [1.807, 2.05) is 26.8 Å². The first-order valence-corrected chi connectivity index (χ1v) is 6.10. The Labute approximate surface area is 103 Å². The summed E-state index contributed by atoms with van der Waals surface area (Å²) in [7, 11) is 1.68. The van der Waals surface area contributed by atoms with Gasteiger partial charge in [0.25, 0.3) is 0 Å². The van der Waals surface area contributed by atoms with Crippen molar-refractivity contribution in [2.45, 2.75) is 40.5 Å². The van der Waals surface area contributed by atoms with E-state index in [0.717, 1.165) is 40.8 Å². The molecule has 0 saturated heterocycles. The number of aryl methyl sites for hydroxylation is 1. The van der Waals surface area contributed by atoms with Gasteiger partial charge in [-0.3, -0.25) is 4.79 Å². The monoisotopic (exact) mass is 232 g/mol. The molecule has 1 aromatic rings. The number of rotatable bonds is 3. The van der Waals surface area contributed by atoms with Gasteiger partial charge in [-0.1, -0.05) is 6.92 Å². The molecular weight excluding hydrogens is 212 g/mol. The molecule has 0 aliphatic heterocycles. The van der Waals surface area contributed by atoms with Crippen molar-refractivity contribution < 1.29 is 9.53 Å². The lowest BCUT2D eigenvalue weighted by atomic mass is 9.89. The third-order valence-electron chi connectivity index (χ3n) is 4.02. The van der Waals surface area contributed by atoms with Crippen molar-refractivity contribution in [3.05, 3.63) is 28.3 Å². The van der Waals surface area contributed by atoms with Crippen LogP contribution in [0.25, 0.3) is 0 Å². The number of ketones is 1. The zero-order valence-corrected chi connectivity index (χ0v) is 11.3. The summed E-state index contributed by atoms with van der Waals surface area (Å²) in [5.41, 5.74) is 3.97. The van der Waals surface area contributed by atoms with Gasteiger partial charge in [0.2, 0.25) is 0 Å². The summed E-state index contributed by atoms with van der Waals surface area (Å²) in [4.78, 5) is 12.4. The quantitative estimate of drug-likeness (QED) is 0.744. The highest BCUT2D eigenvalue weighted by molar-refractivity contribution is 6.03. The molecule has 92 valence electrons. The lowest BCUT2D eigenvalue weighted by Crippen LogP contribution is -2.14. The topological polar surface area (TPSA) is 26.3 Å². The van der Waals surface area contributed by atoms with Crippen LogP contribution in [-0.2, 0) is 0 Å². The number of ether oxygens (including phenoxy) is 1. The molecule has 0 heterocycles. The summed E-state index contributed by atoms with van der Waals surface area (Å²) < 4.78 is 5.38. The second kappa shape index (κ2) is 3.86. The SMILES string of the molecule is COc1c(C)cc(C(=O)C2(C)CC2)c(C)c1C. The fraction of sp³-hybridized carbons (Fsp3) is 0.533. The minimum atomic E-state index is -0.0990. The van der Waals surface area contributed by atoms with Crippen molar-refractivity contribution >= 4 is 5.78 Å². The van der Waals surface area contributed by atoms with E-state index in [9.17, 15) is 4.79 Å². The maximum atomic E-state index is 12.4. The molecule has 0 N–H and O–H groups in total. The Morgan fingerprint density at radius 2 is 1.82 bits per heavy atom. The van der Waals surface area contributed by atoms with E-state index < -0.39 is 0 Å². The van der Waals surface area contributed by atoms with Crippen molar-refractivity contribution in [3.8, 4) is 5.75 Å². The van der Waals surface area contributed by atoms with Gasteiger partial charge in [-0.2, -0.15) is 0 Å². The Hall–Kier alpha value is -1.31. The zero-order chi connectivity index (χ0) is 12.8. The summed E-state index contributed by atoms with van der Waals surface area (Å²) in [5, 5.41) is 0. The first kappa shape index (κ1) is 12.2. The van der Waals surface area contributed by atoms with Crippen molar-refractivity contribution in [1.29, 1.82) is 0 Å². The molecule has 0 spiro atoms. The van der Waals surface area contributed by atoms with E-state index in [1.54, 1.807) is 7.11 Å². The van der Waals surface area contributed by atoms with Crippen LogP contribution < -0.4 is 4.74 Å². The fourth-order valence-corrected chi connectivity index (χ4v) is 2.35. The van der Waals surface area contributed by atoms with Crippen LogP contribution in [0.1, 0.15) is 46.8 Å². The Bertz CT molecular complexity index is 482. The van der Waals surface area contributed by atoms with Gasteiger partial charge in [0.1, 0.15) is 5.75 Å². The summed E-state index contributed by atoms with van der Waals surface area (Å²) in [6.07, 6.45) is 2.05. The Morgan fingerprint density at radius 1 is 1.24 bits per heavy atom. The van der Waals surface area contributed by atoms with Crippen LogP contribution in [-0.4, -0.2) is 12.9 Å². The molecular formula is C15H20O2. The second-order valence-corrected chi connectivity index (χ2v) is 5.41. The van der Waals surface area contributed by atoms with E-state index in [-0.39, 0.29) is 5.41 Å². The number of hydrogen-bond donors (Lipinski definition) is 0. The molecule has 0 aromatic heterocycles. The van der Waals surface area contributed by atoms with Crippen molar-refractivity contribution in [2.75, 3.05) is 7.11 Å². The lowest BCUT2D eigenvalue weighted by Gasteiger charge is -2.17. The molecule has 1 fully saturated rings. The maximum Gasteiger partial charge on any atom is 0.169 e. The third-order valence-corrected chi connectivity index (χ3v) is 4.02. The number of hydrogen-bond acceptors (Lipinski definition) is 2. The van der Waals surface area contributed by atoms with Crippen molar-refractivity contribution in [3.63, 3.8) is 0 Å². The van der Waals surface area contributed by atoms with E-state index >= 15 is 0 Å². The summed E-state index contributed by atoms with van der Waals surface area (Å²) in [5.74, 6) is 1.20. The predicted molar refractivity (Wildman–Crippen MR) is 68.9 cm³/mol. The molecule has 0 atom stereocenters. The van der Waals surface area contributed by atoms with E-state index in [2.05, 4.69) is 6.92 Å². The number of benzene rings is 1. The Kier molecular flexibility index (Phi) is 2.76. The summed E-state index contributed by atoms with van der Waals surface area (Å²) >= 11 is 0. The average Bonchev–Trinajstić information content (AvgIpc) is 3.03. The Morgan fingerprint density at radius 3 is 2.29 bits per heavy atom. The second-order valence-electron chi connectivity index (χ2n) is 5.41. The summed E-state index contributed by atoms with van der Waals surface area (Å²) in [6, 6.07) is 1.98. The number of carbonyl (C=O) groups is 1. The minimum Gasteiger partial charge on any atom is -0.496 e. The van der Waals surface area contributed by atoms with Crippen molar-refractivity contribution in [1.82, 2.24) is 0 Å². The van der Waals surface area contributed by atoms with Gasteiger partial charge in [-0.05, 0) is 56.4 Å². The van der Waals surface area contributed by atoms with Gasteiger partial charge in [0.05, 0.1) is 7.11 Å². The van der Waals surface area contributed by atoms with Gasteiger partial charge in [0.15, 0.2) is 5.78 Å². The smallest absolute Gasteiger partial charge is 0.169 e. The van der Waals surface area contributed by atoms with E-state index in [0.29, 0.717) is 5.78 Å². The first-order chi connectivity index (χ1) is 7.90. The molecule has 0 bridgehead atoms. The van der Waals surface area contributed by atoms with E-state index in [1.165, 1.54) is 0 Å². The van der Waals surface area contributed by atoms with Crippen LogP contribution in [0.15, 0.2) is 6.07 Å². The lowest BCUT2D eigenvalue weighted by molar-refractivity contribution is 0.0911. The fourth-order valence-electron chi connectivity index (χ4n) is 2.35. The van der Waals surface area contributed by atoms with Gasteiger partial charge in [-0.15, -0.1) is 0 Å². The predicted octanol–water partition coefficient (Wildman–Crippen LogP) is 3.60. The third kappa shape index (κ3) is 1.86. The van der Waals surface area contributed by atoms with Gasteiger partial charge in [-0.25, -0.2) is 0 Å². The molecule has 1 aliphatic rings. The van der Waals surface area contributed by atoms with Crippen LogP contribution in [0, 0.1) is 26.2 Å². The largest absolute Gasteiger partial charge is 0.496 e. The first-order valence-electron chi connectivity index (χ1n) is 6.10. The molecule has 0 amide bonds. The maximum absolute atomic E-state index is 12.4. The number of carbonyl (C=O) groups excluding carboxylic acids is 1. The molecule has 2 rings (SSSR count). The minimum absolute atomic E-state index is 0.0990. The molecule has 1 saturated carbocycles. The van der Waals surface area contributed by atoms with Crippen LogP contribution >= 0.6 is 0 Å². The highest BCUT2D eigenvalue weighted by Crippen LogP contribution is 2.48. The highest BCUT2D eigenvalue weighted by atomic mass is 16.5. The molecule has 2 heteroatoms. The summed E-state index contributed by atoms with van der Waals surface area (Å²) in [6.45, 7) is 8.09.